The number of para-hydroxylation sites is 2. The van der Waals surface area contributed by atoms with Crippen molar-refractivity contribution >= 4 is 29.1 Å². The van der Waals surface area contributed by atoms with Gasteiger partial charge >= 0.3 is 12.1 Å². The molecule has 0 saturated carbocycles. The van der Waals surface area contributed by atoms with E-state index in [1.807, 2.05) is 6.07 Å². The van der Waals surface area contributed by atoms with Crippen LogP contribution < -0.4 is 4.74 Å². The molecule has 32 heavy (non-hydrogen) atoms. The Morgan fingerprint density at radius 1 is 1.09 bits per heavy atom. The molecule has 2 aromatic heterocycles. The fourth-order valence-corrected chi connectivity index (χ4v) is 4.86. The highest BCUT2D eigenvalue weighted by atomic mass is 32.2. The molecule has 0 spiro atoms. The molecule has 0 atom stereocenters. The van der Waals surface area contributed by atoms with E-state index in [9.17, 15) is 18.0 Å². The summed E-state index contributed by atoms with van der Waals surface area (Å²) in [6, 6.07) is 16.1. The fraction of sp³-hybridized carbons (Fsp3) is 0.100. The molecule has 0 aliphatic heterocycles. The molecular formula is C20H13F3N4O3S2. The molecule has 7 nitrogen and oxygen atoms in total. The molecule has 2 aromatic carbocycles. The third-order valence-electron chi connectivity index (χ3n) is 4.24. The molecule has 0 aliphatic carbocycles. The lowest BCUT2D eigenvalue weighted by atomic mass is 10.2. The highest BCUT2D eigenvalue weighted by Gasteiger charge is 2.40. The maximum absolute atomic E-state index is 13.2. The average molecular weight is 478 g/mol. The molecule has 0 unspecified atom stereocenters. The van der Waals surface area contributed by atoms with Crippen LogP contribution in [0.15, 0.2) is 64.1 Å². The average Bonchev–Trinajstić information content (AvgIpc) is 3.39. The minimum absolute atomic E-state index is 0.120. The molecule has 0 fully saturated rings. The largest absolute Gasteiger partial charge is 0.496 e. The van der Waals surface area contributed by atoms with Gasteiger partial charge in [0.2, 0.25) is 5.16 Å². The van der Waals surface area contributed by atoms with Crippen molar-refractivity contribution in [3.05, 3.63) is 65.2 Å². The van der Waals surface area contributed by atoms with E-state index in [1.54, 1.807) is 53.1 Å². The van der Waals surface area contributed by atoms with E-state index in [-0.39, 0.29) is 9.50 Å². The van der Waals surface area contributed by atoms with Gasteiger partial charge in [-0.2, -0.15) is 13.2 Å². The molecule has 0 aliphatic rings. The number of carbonyl (C=O) groups is 1. The molecule has 1 N–H and O–H groups in total. The van der Waals surface area contributed by atoms with E-state index in [0.29, 0.717) is 34.2 Å². The summed E-state index contributed by atoms with van der Waals surface area (Å²) in [4.78, 5) is 13.9. The Labute approximate surface area is 187 Å². The lowest BCUT2D eigenvalue weighted by Crippen LogP contribution is -2.11. The predicted molar refractivity (Wildman–Crippen MR) is 112 cm³/mol. The standard InChI is InChI=1S/C20H13F3N4O3S2/c1-30-13-10-6-5-9-12(13)16-25-26-18(27(16)11-7-3-2-4-8-11)32-19-24-15(20(21,22)23)14(31-19)17(28)29/h2-10H,1H3,(H,28,29). The maximum atomic E-state index is 13.2. The van der Waals surface area contributed by atoms with Crippen molar-refractivity contribution in [2.75, 3.05) is 7.11 Å². The Balaban J connectivity index is 1.85. The van der Waals surface area contributed by atoms with Crippen molar-refractivity contribution < 1.29 is 27.8 Å². The summed E-state index contributed by atoms with van der Waals surface area (Å²) < 4.78 is 46.7. The summed E-state index contributed by atoms with van der Waals surface area (Å²) in [5.41, 5.74) is -0.153. The monoisotopic (exact) mass is 478 g/mol. The lowest BCUT2D eigenvalue weighted by Gasteiger charge is -2.11. The molecule has 4 aromatic rings. The molecule has 2 heterocycles. The molecule has 12 heteroatoms. The number of thiazole rings is 1. The lowest BCUT2D eigenvalue weighted by molar-refractivity contribution is -0.141. The zero-order valence-corrected chi connectivity index (χ0v) is 17.8. The van der Waals surface area contributed by atoms with E-state index in [0.717, 1.165) is 11.8 Å². The summed E-state index contributed by atoms with van der Waals surface area (Å²) in [7, 11) is 1.51. The van der Waals surface area contributed by atoms with Crippen molar-refractivity contribution in [2.45, 2.75) is 15.7 Å². The van der Waals surface area contributed by atoms with E-state index in [4.69, 9.17) is 9.84 Å². The van der Waals surface area contributed by atoms with Gasteiger partial charge in [-0.25, -0.2) is 9.78 Å². The van der Waals surface area contributed by atoms with Gasteiger partial charge in [-0.3, -0.25) is 4.57 Å². The quantitative estimate of drug-likeness (QED) is 0.404. The zero-order valence-electron chi connectivity index (χ0n) is 16.2. The second kappa shape index (κ2) is 8.63. The first-order chi connectivity index (χ1) is 15.3. The predicted octanol–water partition coefficient (Wildman–Crippen LogP) is 5.27. The van der Waals surface area contributed by atoms with Crippen LogP contribution in [0.2, 0.25) is 0 Å². The highest BCUT2D eigenvalue weighted by Crippen LogP contribution is 2.41. The van der Waals surface area contributed by atoms with Gasteiger partial charge in [0.15, 0.2) is 15.9 Å². The van der Waals surface area contributed by atoms with Gasteiger partial charge in [0.05, 0.1) is 12.7 Å². The number of nitrogens with zero attached hydrogens (tertiary/aromatic N) is 4. The van der Waals surface area contributed by atoms with Gasteiger partial charge in [0.1, 0.15) is 10.6 Å². The number of ether oxygens (including phenoxy) is 1. The van der Waals surface area contributed by atoms with Crippen molar-refractivity contribution in [1.82, 2.24) is 19.7 Å². The molecule has 164 valence electrons. The molecule has 0 bridgehead atoms. The summed E-state index contributed by atoms with van der Waals surface area (Å²) in [6.45, 7) is 0. The van der Waals surface area contributed by atoms with Crippen LogP contribution in [0.5, 0.6) is 5.75 Å². The smallest absolute Gasteiger partial charge is 0.435 e. The van der Waals surface area contributed by atoms with Crippen LogP contribution in [-0.4, -0.2) is 37.9 Å². The first kappa shape index (κ1) is 21.8. The van der Waals surface area contributed by atoms with Gasteiger partial charge in [-0.15, -0.1) is 10.2 Å². The summed E-state index contributed by atoms with van der Waals surface area (Å²) >= 11 is 1.23. The minimum atomic E-state index is -4.89. The Morgan fingerprint density at radius 3 is 2.41 bits per heavy atom. The Hall–Kier alpha value is -3.38. The minimum Gasteiger partial charge on any atom is -0.496 e. The Morgan fingerprint density at radius 2 is 1.78 bits per heavy atom. The number of rotatable bonds is 6. The molecule has 0 radical (unpaired) electrons. The topological polar surface area (TPSA) is 90.1 Å². The number of halogens is 3. The van der Waals surface area contributed by atoms with Gasteiger partial charge in [0.25, 0.3) is 0 Å². The zero-order chi connectivity index (χ0) is 22.9. The number of carboxylic acid groups (broad SMARTS) is 1. The van der Waals surface area contributed by atoms with Crippen molar-refractivity contribution in [3.63, 3.8) is 0 Å². The summed E-state index contributed by atoms with van der Waals surface area (Å²) in [5, 5.41) is 17.8. The van der Waals surface area contributed by atoms with Crippen molar-refractivity contribution in [1.29, 1.82) is 0 Å². The second-order valence-corrected chi connectivity index (χ2v) is 8.45. The highest BCUT2D eigenvalue weighted by molar-refractivity contribution is 8.00. The van der Waals surface area contributed by atoms with Crippen LogP contribution in [0, 0.1) is 0 Å². The van der Waals surface area contributed by atoms with Gasteiger partial charge in [-0.1, -0.05) is 41.7 Å². The number of hydrogen-bond donors (Lipinski definition) is 1. The van der Waals surface area contributed by atoms with Gasteiger partial charge < -0.3 is 9.84 Å². The summed E-state index contributed by atoms with van der Waals surface area (Å²) in [6.07, 6.45) is -4.89. The first-order valence-electron chi connectivity index (χ1n) is 8.93. The van der Waals surface area contributed by atoms with Crippen LogP contribution in [-0.2, 0) is 6.18 Å². The normalized spacial score (nSPS) is 11.5. The molecule has 0 saturated heterocycles. The third kappa shape index (κ3) is 4.18. The Bertz CT molecular complexity index is 1270. The number of benzene rings is 2. The first-order valence-corrected chi connectivity index (χ1v) is 10.6. The van der Waals surface area contributed by atoms with Crippen molar-refractivity contribution in [3.8, 4) is 22.8 Å². The van der Waals surface area contributed by atoms with Crippen LogP contribution in [0.25, 0.3) is 17.1 Å². The number of carboxylic acids is 1. The SMILES string of the molecule is COc1ccccc1-c1nnc(Sc2nc(C(F)(F)F)c(C(=O)O)s2)n1-c1ccccc1. The maximum Gasteiger partial charge on any atom is 0.435 e. The third-order valence-corrected chi connectivity index (χ3v) is 6.30. The van der Waals surface area contributed by atoms with Crippen molar-refractivity contribution in [2.24, 2.45) is 0 Å². The van der Waals surface area contributed by atoms with Crippen LogP contribution in [0.3, 0.4) is 0 Å². The number of alkyl halides is 3. The second-order valence-electron chi connectivity index (χ2n) is 6.24. The molecular weight excluding hydrogens is 465 g/mol. The van der Waals surface area contributed by atoms with Gasteiger partial charge in [-0.05, 0) is 36.0 Å². The van der Waals surface area contributed by atoms with E-state index in [1.165, 1.54) is 7.11 Å². The van der Waals surface area contributed by atoms with Crippen LogP contribution in [0.1, 0.15) is 15.4 Å². The van der Waals surface area contributed by atoms with Crippen LogP contribution in [0.4, 0.5) is 13.2 Å². The summed E-state index contributed by atoms with van der Waals surface area (Å²) in [5.74, 6) is -0.751. The van der Waals surface area contributed by atoms with E-state index < -0.39 is 22.7 Å². The van der Waals surface area contributed by atoms with E-state index >= 15 is 0 Å². The number of aromatic carboxylic acids is 1. The number of hydrogen-bond acceptors (Lipinski definition) is 7. The fourth-order valence-electron chi connectivity index (χ4n) is 2.91. The van der Waals surface area contributed by atoms with Gasteiger partial charge in [0, 0.05) is 5.69 Å². The molecule has 0 amide bonds. The van der Waals surface area contributed by atoms with Crippen LogP contribution >= 0.6 is 23.1 Å². The molecule has 4 rings (SSSR count). The van der Waals surface area contributed by atoms with E-state index in [2.05, 4.69) is 15.2 Å². The Kier molecular flexibility index (Phi) is 5.89. The number of aromatic nitrogens is 4. The number of methoxy groups -OCH3 is 1.